The van der Waals surface area contributed by atoms with Crippen molar-refractivity contribution in [3.63, 3.8) is 0 Å². The normalized spacial score (nSPS) is 13.2. The second kappa shape index (κ2) is 25.6. The molecule has 506 valence electrons. The van der Waals surface area contributed by atoms with Crippen LogP contribution in [0, 0.1) is 0 Å². The second-order valence-electron chi connectivity index (χ2n) is 28.2. The van der Waals surface area contributed by atoms with E-state index in [-0.39, 0.29) is 0 Å². The molecule has 1 spiro atoms. The summed E-state index contributed by atoms with van der Waals surface area (Å²) in [5, 5.41) is 10.7. The average Bonchev–Trinajstić information content (AvgIpc) is 1.49. The standard InChI is InChI=1S/C67H42N2O.C36H25NO/c1-2-17-43(18-3-1)44-35-37-45(38-36-44)49-21-5-10-31-61(49)68(47-20-14-19-46(41-47)50-25-15-27-56-54-24-7-13-34-64(54)70-66(50)56)48-39-40-52-51-22-4-8-28-57(51)67(60(52)42-48)58-29-9-12-33-63(58)69-62-32-11-6-23-53(62)55-26-16-30-59(67)65(55)69;1-2-10-25(11-3-1)26-20-22-27(23-21-26)30-14-4-6-18-34(30)37-29-13-8-12-28(24-29)31-16-9-17-33-32-15-5-7-19-35(32)38-36(31)33/h1-42H;1-24,37H. The highest BCUT2D eigenvalue weighted by Gasteiger charge is 2.51. The molecule has 1 atom stereocenters. The third-order valence-electron chi connectivity index (χ3n) is 22.3. The van der Waals surface area contributed by atoms with E-state index >= 15 is 0 Å². The Morgan fingerprint density at radius 2 is 0.713 bits per heavy atom. The van der Waals surface area contributed by atoms with Gasteiger partial charge in [0.25, 0.3) is 0 Å². The predicted molar refractivity (Wildman–Crippen MR) is 450 cm³/mol. The van der Waals surface area contributed by atoms with Crippen molar-refractivity contribution in [3.8, 4) is 83.6 Å². The number of furan rings is 2. The van der Waals surface area contributed by atoms with Gasteiger partial charge in [-0.05, 0) is 151 Å². The predicted octanol–water partition coefficient (Wildman–Crippen LogP) is 28.2. The number of nitrogens with zero attached hydrogens (tertiary/aromatic N) is 2. The zero-order valence-electron chi connectivity index (χ0n) is 58.8. The van der Waals surface area contributed by atoms with Gasteiger partial charge in [-0.2, -0.15) is 0 Å². The molecule has 0 radical (unpaired) electrons. The highest BCUT2D eigenvalue weighted by Crippen LogP contribution is 2.62. The Balaban J connectivity index is 0.000000165. The molecule has 0 saturated carbocycles. The smallest absolute Gasteiger partial charge is 0.143 e. The van der Waals surface area contributed by atoms with Gasteiger partial charge in [0.1, 0.15) is 22.3 Å². The van der Waals surface area contributed by atoms with Gasteiger partial charge in [-0.3, -0.25) is 0 Å². The lowest BCUT2D eigenvalue weighted by Crippen LogP contribution is -2.33. The van der Waals surface area contributed by atoms with E-state index in [0.29, 0.717) is 0 Å². The van der Waals surface area contributed by atoms with Crippen molar-refractivity contribution in [1.29, 1.82) is 0 Å². The van der Waals surface area contributed by atoms with Crippen LogP contribution in [0.3, 0.4) is 0 Å². The van der Waals surface area contributed by atoms with Crippen LogP contribution in [0.2, 0.25) is 0 Å². The molecular weight excluding hydrogens is 1310 g/mol. The lowest BCUT2D eigenvalue weighted by atomic mass is 9.65. The van der Waals surface area contributed by atoms with E-state index in [4.69, 9.17) is 8.83 Å². The molecule has 22 rings (SSSR count). The van der Waals surface area contributed by atoms with Crippen LogP contribution in [0.25, 0.3) is 149 Å². The first-order valence-electron chi connectivity index (χ1n) is 37.0. The van der Waals surface area contributed by atoms with E-state index in [2.05, 4.69) is 391 Å². The number of hydrogen-bond donors (Lipinski definition) is 1. The molecule has 4 heterocycles. The molecule has 1 N–H and O–H groups in total. The molecule has 1 aliphatic heterocycles. The lowest BCUT2D eigenvalue weighted by Gasteiger charge is -2.40. The summed E-state index contributed by atoms with van der Waals surface area (Å²) in [7, 11) is 0. The van der Waals surface area contributed by atoms with E-state index in [1.165, 1.54) is 88.7 Å². The van der Waals surface area contributed by atoms with E-state index in [0.717, 1.165) is 111 Å². The second-order valence-corrected chi connectivity index (χ2v) is 28.2. The maximum atomic E-state index is 6.65. The van der Waals surface area contributed by atoms with Crippen LogP contribution in [-0.4, -0.2) is 4.57 Å². The largest absolute Gasteiger partial charge is 0.455 e. The monoisotopic (exact) mass is 1380 g/mol. The fraction of sp³-hybridized carbons (Fsp3) is 0.00971. The summed E-state index contributed by atoms with van der Waals surface area (Å²) in [5.41, 5.74) is 33.6. The van der Waals surface area contributed by atoms with E-state index in [1.54, 1.807) is 0 Å². The van der Waals surface area contributed by atoms with Crippen molar-refractivity contribution < 1.29 is 8.83 Å². The average molecular weight is 1380 g/mol. The minimum atomic E-state index is -0.598. The summed E-state index contributed by atoms with van der Waals surface area (Å²) >= 11 is 0. The lowest BCUT2D eigenvalue weighted by molar-refractivity contribution is 0.669. The molecular formula is C103H67N3O2. The van der Waals surface area contributed by atoms with Crippen molar-refractivity contribution in [2.24, 2.45) is 0 Å². The van der Waals surface area contributed by atoms with Gasteiger partial charge in [0.05, 0.1) is 27.8 Å². The first-order valence-corrected chi connectivity index (χ1v) is 37.0. The van der Waals surface area contributed by atoms with E-state index in [9.17, 15) is 0 Å². The Morgan fingerprint density at radius 3 is 1.41 bits per heavy atom. The van der Waals surface area contributed by atoms with Crippen LogP contribution in [0.15, 0.2) is 409 Å². The molecule has 0 amide bonds. The van der Waals surface area contributed by atoms with E-state index in [1.807, 2.05) is 24.3 Å². The molecule has 0 saturated heterocycles. The molecule has 1 aliphatic carbocycles. The minimum absolute atomic E-state index is 0.598. The summed E-state index contributed by atoms with van der Waals surface area (Å²) in [4.78, 5) is 2.48. The summed E-state index contributed by atoms with van der Waals surface area (Å²) in [5.74, 6) is 0. The molecule has 0 bridgehead atoms. The summed E-state index contributed by atoms with van der Waals surface area (Å²) in [6, 6.07) is 145. The Labute approximate surface area is 625 Å². The van der Waals surface area contributed by atoms with Gasteiger partial charge in [0, 0.05) is 77.3 Å². The van der Waals surface area contributed by atoms with Crippen LogP contribution in [0.5, 0.6) is 0 Å². The third-order valence-corrected chi connectivity index (χ3v) is 22.3. The fourth-order valence-corrected chi connectivity index (χ4v) is 17.5. The molecule has 108 heavy (non-hydrogen) atoms. The quantitative estimate of drug-likeness (QED) is 0.140. The van der Waals surface area contributed by atoms with Crippen LogP contribution >= 0.6 is 0 Å². The summed E-state index contributed by atoms with van der Waals surface area (Å²) in [6.45, 7) is 0. The van der Waals surface area contributed by atoms with Crippen molar-refractivity contribution >= 4 is 94.1 Å². The van der Waals surface area contributed by atoms with Crippen LogP contribution in [-0.2, 0) is 5.41 Å². The van der Waals surface area contributed by atoms with Gasteiger partial charge in [0.15, 0.2) is 0 Å². The summed E-state index contributed by atoms with van der Waals surface area (Å²) in [6.07, 6.45) is 0. The zero-order chi connectivity index (χ0) is 71.2. The van der Waals surface area contributed by atoms with Gasteiger partial charge < -0.3 is 23.6 Å². The fourth-order valence-electron chi connectivity index (χ4n) is 17.5. The molecule has 20 aromatic rings. The number of benzene rings is 17. The van der Waals surface area contributed by atoms with Crippen LogP contribution < -0.4 is 10.2 Å². The van der Waals surface area contributed by atoms with Crippen molar-refractivity contribution in [1.82, 2.24) is 4.57 Å². The van der Waals surface area contributed by atoms with Crippen molar-refractivity contribution in [3.05, 3.63) is 423 Å². The topological polar surface area (TPSA) is 46.5 Å². The highest BCUT2D eigenvalue weighted by atomic mass is 16.3. The Morgan fingerprint density at radius 1 is 0.259 bits per heavy atom. The first kappa shape index (κ1) is 62.3. The Bertz CT molecular complexity index is 6900. The van der Waals surface area contributed by atoms with Gasteiger partial charge in [-0.25, -0.2) is 0 Å². The third kappa shape index (κ3) is 10.1. The van der Waals surface area contributed by atoms with Gasteiger partial charge in [-0.1, -0.05) is 328 Å². The molecule has 17 aromatic carbocycles. The van der Waals surface area contributed by atoms with Crippen LogP contribution in [0.1, 0.15) is 22.3 Å². The summed E-state index contributed by atoms with van der Waals surface area (Å²) < 4.78 is 15.5. The SMILES string of the molecule is c1ccc(-c2ccc(-c3ccccc3N(c3cccc(-c4cccc5c4oc4ccccc45)c3)c3ccc4c(c3)C3(c5ccccc5-4)c4ccccc4-n4c5ccccc5c5cccc3c54)cc2)cc1.c1ccc(-c2ccc(-c3ccccc3Nc3cccc(-c4cccc5c4oc4ccccc45)c3)cc2)cc1. The maximum absolute atomic E-state index is 6.65. The van der Waals surface area contributed by atoms with E-state index < -0.39 is 5.41 Å². The Hall–Kier alpha value is -14.3. The van der Waals surface area contributed by atoms with Crippen molar-refractivity contribution in [2.45, 2.75) is 5.41 Å². The zero-order valence-corrected chi connectivity index (χ0v) is 58.8. The first-order chi connectivity index (χ1) is 53.6. The van der Waals surface area contributed by atoms with Crippen molar-refractivity contribution in [2.75, 3.05) is 10.2 Å². The number of aromatic nitrogens is 1. The number of anilines is 5. The minimum Gasteiger partial charge on any atom is -0.455 e. The highest BCUT2D eigenvalue weighted by molar-refractivity contribution is 6.14. The molecule has 5 nitrogen and oxygen atoms in total. The van der Waals surface area contributed by atoms with Crippen LogP contribution in [0.4, 0.5) is 28.4 Å². The maximum Gasteiger partial charge on any atom is 0.143 e. The number of nitrogens with one attached hydrogen (secondary N) is 1. The molecule has 2 aliphatic rings. The van der Waals surface area contributed by atoms with Gasteiger partial charge in [0.2, 0.25) is 0 Å². The molecule has 1 unspecified atom stereocenters. The number of fused-ring (bicyclic) bond motifs is 18. The number of hydrogen-bond acceptors (Lipinski definition) is 4. The molecule has 0 fully saturated rings. The number of para-hydroxylation sites is 9. The van der Waals surface area contributed by atoms with Gasteiger partial charge >= 0.3 is 0 Å². The van der Waals surface area contributed by atoms with Gasteiger partial charge in [-0.15, -0.1) is 0 Å². The Kier molecular flexibility index (Phi) is 14.8. The molecule has 5 heteroatoms. The number of rotatable bonds is 11. The molecule has 3 aromatic heterocycles.